The molecule has 0 saturated heterocycles. The normalized spacial score (nSPS) is 8.47. The average Bonchev–Trinajstić information content (AvgIpc) is 1.80. The van der Waals surface area contributed by atoms with Crippen molar-refractivity contribution in [2.45, 2.75) is 12.6 Å². The maximum atomic E-state index is 9.77. The van der Waals surface area contributed by atoms with Crippen LogP contribution in [0, 0.1) is 0 Å². The van der Waals surface area contributed by atoms with Gasteiger partial charge >= 0.3 is 18.2 Å². The van der Waals surface area contributed by atoms with E-state index in [0.29, 0.717) is 0 Å². The summed E-state index contributed by atoms with van der Waals surface area (Å²) in [6, 6.07) is 0. The van der Waals surface area contributed by atoms with E-state index in [2.05, 4.69) is 11.5 Å². The molecule has 0 radical (unpaired) electrons. The van der Waals surface area contributed by atoms with E-state index in [-0.39, 0.29) is 0 Å². The second-order valence-corrected chi connectivity index (χ2v) is 2.26. The predicted molar refractivity (Wildman–Crippen MR) is 48.8 cm³/mol. The Morgan fingerprint density at radius 2 is 1.00 bits per heavy atom. The lowest BCUT2D eigenvalue weighted by atomic mass is 10.2. The number of primary amides is 2. The minimum absolute atomic E-state index is 1.20. The van der Waals surface area contributed by atoms with Gasteiger partial charge in [-0.2, -0.15) is 0 Å². The van der Waals surface area contributed by atoms with Crippen LogP contribution in [0.15, 0.2) is 0 Å². The third-order valence-electron chi connectivity index (χ3n) is 0.461. The number of carboxylic acid groups (broad SMARTS) is 3. The summed E-state index contributed by atoms with van der Waals surface area (Å²) >= 11 is 0. The molecule has 11 N–H and O–H groups in total. The molecule has 0 aromatic rings. The molecular weight excluding hydrogens is 212 g/mol. The third kappa shape index (κ3) is 76.2. The van der Waals surface area contributed by atoms with Crippen LogP contribution in [0.4, 0.5) is 9.59 Å². The van der Waals surface area contributed by atoms with Crippen LogP contribution in [0.25, 0.3) is 0 Å². The second-order valence-electron chi connectivity index (χ2n) is 2.26. The lowest BCUT2D eigenvalue weighted by Gasteiger charge is -2.09. The van der Waals surface area contributed by atoms with Crippen molar-refractivity contribution in [1.29, 1.82) is 0 Å². The highest BCUT2D eigenvalue weighted by atomic mass is 16.4. The van der Waals surface area contributed by atoms with Gasteiger partial charge in [0, 0.05) is 0 Å². The Hall–Kier alpha value is -2.07. The largest absolute Gasteiger partial charge is 0.479 e. The fourth-order valence-electron chi connectivity index (χ4n) is 0. The van der Waals surface area contributed by atoms with Crippen LogP contribution >= 0.6 is 0 Å². The number of amides is 2. The van der Waals surface area contributed by atoms with Crippen molar-refractivity contribution in [2.24, 2.45) is 22.9 Å². The molecule has 10 heteroatoms. The minimum Gasteiger partial charge on any atom is -0.479 e. The van der Waals surface area contributed by atoms with E-state index in [4.69, 9.17) is 36.4 Å². The molecule has 0 saturated carbocycles. The molecule has 0 aliphatic carbocycles. The summed E-state index contributed by atoms with van der Waals surface area (Å²) in [6.45, 7) is 1.22. The Kier molecular flexibility index (Phi) is 10.6. The number of carbonyl (C=O) groups is 3. The van der Waals surface area contributed by atoms with Crippen LogP contribution in [-0.2, 0) is 4.79 Å². The van der Waals surface area contributed by atoms with E-state index in [1.54, 1.807) is 0 Å². The first-order valence-corrected chi connectivity index (χ1v) is 3.19. The van der Waals surface area contributed by atoms with Crippen LogP contribution in [0.2, 0.25) is 0 Å². The smallest absolute Gasteiger partial charge is 0.402 e. The van der Waals surface area contributed by atoms with Gasteiger partial charge in [-0.1, -0.05) is 0 Å². The highest BCUT2D eigenvalue weighted by Gasteiger charge is 2.20. The van der Waals surface area contributed by atoms with Crippen molar-refractivity contribution in [3.05, 3.63) is 0 Å². The Labute approximate surface area is 84.4 Å². The first-order valence-electron chi connectivity index (χ1n) is 3.19. The van der Waals surface area contributed by atoms with E-state index in [0.717, 1.165) is 0 Å². The van der Waals surface area contributed by atoms with Crippen LogP contribution in [0.5, 0.6) is 0 Å². The fraction of sp³-hybridized carbons (Fsp3) is 0.400. The Balaban J connectivity index is -0.000000155. The molecule has 0 unspecified atom stereocenters. The molecule has 0 aliphatic heterocycles. The second kappa shape index (κ2) is 8.52. The molecule has 0 atom stereocenters. The molecule has 0 rings (SSSR count). The van der Waals surface area contributed by atoms with E-state index >= 15 is 0 Å². The highest BCUT2D eigenvalue weighted by molar-refractivity contribution is 5.76. The van der Waals surface area contributed by atoms with Gasteiger partial charge < -0.3 is 38.3 Å². The molecule has 15 heavy (non-hydrogen) atoms. The number of aliphatic carboxylic acids is 1. The number of hydrogen-bond donors (Lipinski definition) is 7. The standard InChI is InChI=1S/C3H8N2O2.2CH3NO2/c1-3(4,5)2(6)7;2*2-1(3)4/h4-5H2,1H3,(H,6,7);2*2H2,(H,3,4). The Bertz CT molecular complexity index is 202. The van der Waals surface area contributed by atoms with Gasteiger partial charge in [0.25, 0.3) is 0 Å². The van der Waals surface area contributed by atoms with E-state index < -0.39 is 23.8 Å². The zero-order valence-corrected chi connectivity index (χ0v) is 7.88. The zero-order chi connectivity index (χ0) is 13.2. The molecule has 10 nitrogen and oxygen atoms in total. The zero-order valence-electron chi connectivity index (χ0n) is 7.88. The highest BCUT2D eigenvalue weighted by Crippen LogP contribution is 1.83. The van der Waals surface area contributed by atoms with Gasteiger partial charge in [-0.25, -0.2) is 14.4 Å². The quantitative estimate of drug-likeness (QED) is 0.246. The summed E-state index contributed by atoms with van der Waals surface area (Å²) in [5.74, 6) is -1.20. The number of nitrogens with two attached hydrogens (primary N) is 4. The molecule has 0 aromatic carbocycles. The van der Waals surface area contributed by atoms with Crippen molar-refractivity contribution in [3.63, 3.8) is 0 Å². The predicted octanol–water partition coefficient (Wildman–Crippen LogP) is -2.05. The lowest BCUT2D eigenvalue weighted by Crippen LogP contribution is -2.53. The molecule has 0 bridgehead atoms. The van der Waals surface area contributed by atoms with Gasteiger partial charge in [-0.05, 0) is 6.92 Å². The molecule has 0 fully saturated rings. The van der Waals surface area contributed by atoms with E-state index in [1.807, 2.05) is 0 Å². The fourth-order valence-corrected chi connectivity index (χ4v) is 0. The Morgan fingerprint density at radius 3 is 1.00 bits per heavy atom. The third-order valence-corrected chi connectivity index (χ3v) is 0.461. The molecule has 0 spiro atoms. The minimum atomic E-state index is -1.58. The topological polar surface area (TPSA) is 216 Å². The van der Waals surface area contributed by atoms with Crippen molar-refractivity contribution < 1.29 is 29.7 Å². The maximum Gasteiger partial charge on any atom is 0.402 e. The van der Waals surface area contributed by atoms with Crippen molar-refractivity contribution in [1.82, 2.24) is 0 Å². The summed E-state index contributed by atoms with van der Waals surface area (Å²) in [6.07, 6.45) is -2.67. The molecule has 90 valence electrons. The lowest BCUT2D eigenvalue weighted by molar-refractivity contribution is -0.142. The summed E-state index contributed by atoms with van der Waals surface area (Å²) in [4.78, 5) is 27.3. The van der Waals surface area contributed by atoms with Crippen molar-refractivity contribution in [2.75, 3.05) is 0 Å². The van der Waals surface area contributed by atoms with Crippen molar-refractivity contribution >= 4 is 18.2 Å². The van der Waals surface area contributed by atoms with Gasteiger partial charge in [0.05, 0.1) is 0 Å². The molecule has 0 aliphatic rings. The van der Waals surface area contributed by atoms with Crippen LogP contribution in [0.1, 0.15) is 6.92 Å². The summed E-state index contributed by atoms with van der Waals surface area (Å²) < 4.78 is 0. The van der Waals surface area contributed by atoms with Gasteiger partial charge in [-0.15, -0.1) is 0 Å². The number of carboxylic acids is 1. The first kappa shape index (κ1) is 18.7. The van der Waals surface area contributed by atoms with E-state index in [1.165, 1.54) is 6.92 Å². The van der Waals surface area contributed by atoms with Gasteiger partial charge in [0.15, 0.2) is 5.66 Å². The summed E-state index contributed by atoms with van der Waals surface area (Å²) in [5.41, 5.74) is 16.2. The number of hydrogen-bond acceptors (Lipinski definition) is 5. The molecular formula is C5H14N4O6. The maximum absolute atomic E-state index is 9.77. The Morgan fingerprint density at radius 1 is 0.933 bits per heavy atom. The SMILES string of the molecule is CC(N)(N)C(=O)O.NC(=O)O.NC(=O)O. The van der Waals surface area contributed by atoms with Crippen LogP contribution < -0.4 is 22.9 Å². The molecule has 0 aromatic heterocycles. The number of rotatable bonds is 1. The van der Waals surface area contributed by atoms with Gasteiger partial charge in [0.1, 0.15) is 0 Å². The van der Waals surface area contributed by atoms with Crippen LogP contribution in [0.3, 0.4) is 0 Å². The summed E-state index contributed by atoms with van der Waals surface area (Å²) in [5, 5.41) is 22.4. The average molecular weight is 226 g/mol. The molecule has 2 amide bonds. The monoisotopic (exact) mass is 226 g/mol. The van der Waals surface area contributed by atoms with E-state index in [9.17, 15) is 4.79 Å². The van der Waals surface area contributed by atoms with Crippen molar-refractivity contribution in [3.8, 4) is 0 Å². The van der Waals surface area contributed by atoms with Gasteiger partial charge in [-0.3, -0.25) is 0 Å². The first-order chi connectivity index (χ1) is 6.41. The van der Waals surface area contributed by atoms with Crippen LogP contribution in [-0.4, -0.2) is 39.1 Å². The molecule has 0 heterocycles. The van der Waals surface area contributed by atoms with Gasteiger partial charge in [0.2, 0.25) is 0 Å². The summed E-state index contributed by atoms with van der Waals surface area (Å²) in [7, 11) is 0.